The van der Waals surface area contributed by atoms with Gasteiger partial charge >= 0.3 is 0 Å². The van der Waals surface area contributed by atoms with E-state index in [9.17, 15) is 19.2 Å². The lowest BCUT2D eigenvalue weighted by Gasteiger charge is -2.40. The Morgan fingerprint density at radius 1 is 0.333 bits per heavy atom. The van der Waals surface area contributed by atoms with Gasteiger partial charge in [-0.2, -0.15) is 0 Å². The summed E-state index contributed by atoms with van der Waals surface area (Å²) in [5.41, 5.74) is 18.0. The van der Waals surface area contributed by atoms with Gasteiger partial charge in [0, 0.05) is 56.9 Å². The predicted molar refractivity (Wildman–Crippen MR) is 296 cm³/mol. The van der Waals surface area contributed by atoms with E-state index in [2.05, 4.69) is 125 Å². The van der Waals surface area contributed by atoms with Gasteiger partial charge in [-0.25, -0.2) is 0 Å². The summed E-state index contributed by atoms with van der Waals surface area (Å²) in [5, 5.41) is 12.8. The van der Waals surface area contributed by atoms with Gasteiger partial charge < -0.3 is 21.3 Å². The van der Waals surface area contributed by atoms with Gasteiger partial charge in [0.05, 0.1) is 0 Å². The monoisotopic (exact) mass is 957 g/mol. The van der Waals surface area contributed by atoms with Crippen LogP contribution < -0.4 is 21.3 Å². The van der Waals surface area contributed by atoms with E-state index in [-0.39, 0.29) is 34.5 Å². The quantitative estimate of drug-likeness (QED) is 0.121. The Hall–Kier alpha value is -7.32. The first kappa shape index (κ1) is 49.7. The largest absolute Gasteiger partial charge is 0.322 e. The first-order chi connectivity index (χ1) is 34.5. The number of anilines is 4. The zero-order valence-electron chi connectivity index (χ0n) is 43.3. The van der Waals surface area contributed by atoms with Crippen LogP contribution in [-0.4, -0.2) is 23.6 Å². The smallest absolute Gasteiger partial charge is 0.255 e. The molecule has 0 saturated heterocycles. The summed E-state index contributed by atoms with van der Waals surface area (Å²) in [4.78, 5) is 55.2. The van der Waals surface area contributed by atoms with Crippen molar-refractivity contribution in [1.82, 2.24) is 0 Å². The highest BCUT2D eigenvalue weighted by Gasteiger charge is 2.39. The number of amides is 4. The van der Waals surface area contributed by atoms with Crippen LogP contribution in [0.15, 0.2) is 109 Å². The number of hydrogen-bond donors (Lipinski definition) is 4. The minimum absolute atomic E-state index is 0.224. The fourth-order valence-corrected chi connectivity index (χ4v) is 12.2. The number of aryl methyl sites for hydroxylation is 8. The lowest BCUT2D eigenvalue weighted by Crippen LogP contribution is -2.31. The van der Waals surface area contributed by atoms with E-state index in [1.54, 1.807) is 48.6 Å². The van der Waals surface area contributed by atoms with E-state index < -0.39 is 0 Å². The third-order valence-corrected chi connectivity index (χ3v) is 15.9. The maximum Gasteiger partial charge on any atom is 0.255 e. The molecule has 72 heavy (non-hydrogen) atoms. The van der Waals surface area contributed by atoms with E-state index in [0.717, 1.165) is 130 Å². The highest BCUT2D eigenvalue weighted by molar-refractivity contribution is 6.10. The average Bonchev–Trinajstić information content (AvgIpc) is 3.37. The molecule has 10 aliphatic rings. The van der Waals surface area contributed by atoms with E-state index in [4.69, 9.17) is 0 Å². The molecule has 2 fully saturated rings. The van der Waals surface area contributed by atoms with Crippen molar-refractivity contribution in [2.45, 2.75) is 130 Å². The Balaban J connectivity index is 1.09. The lowest BCUT2D eigenvalue weighted by atomic mass is 9.64. The predicted octanol–water partition coefficient (Wildman–Crippen LogP) is 14.8. The van der Waals surface area contributed by atoms with E-state index in [1.165, 1.54) is 35.1 Å². The minimum Gasteiger partial charge on any atom is -0.322 e. The summed E-state index contributed by atoms with van der Waals surface area (Å²) in [6, 6.07) is 32.6. The van der Waals surface area contributed by atoms with E-state index in [0.29, 0.717) is 11.1 Å². The Morgan fingerprint density at radius 2 is 0.625 bits per heavy atom. The van der Waals surface area contributed by atoms with Crippen molar-refractivity contribution < 1.29 is 19.2 Å². The highest BCUT2D eigenvalue weighted by atomic mass is 16.2. The molecular weight excluding hydrogens is 889 g/mol. The molecule has 8 aliphatic heterocycles. The second kappa shape index (κ2) is 20.4. The van der Waals surface area contributed by atoms with Gasteiger partial charge in [-0.3, -0.25) is 19.2 Å². The molecule has 0 radical (unpaired) electrons. The molecule has 4 amide bonds. The molecule has 8 heterocycles. The van der Waals surface area contributed by atoms with Crippen LogP contribution in [0.2, 0.25) is 0 Å². The summed E-state index contributed by atoms with van der Waals surface area (Å²) in [6.07, 6.45) is 17.5. The summed E-state index contributed by atoms with van der Waals surface area (Å²) < 4.78 is 0. The van der Waals surface area contributed by atoms with Gasteiger partial charge in [-0.1, -0.05) is 111 Å². The van der Waals surface area contributed by atoms with Crippen LogP contribution >= 0.6 is 0 Å². The molecule has 4 N–H and O–H groups in total. The van der Waals surface area contributed by atoms with Crippen molar-refractivity contribution in [2.24, 2.45) is 0 Å². The van der Waals surface area contributed by atoms with Crippen molar-refractivity contribution in [3.8, 4) is 0 Å². The van der Waals surface area contributed by atoms with Gasteiger partial charge in [0.15, 0.2) is 0 Å². The topological polar surface area (TPSA) is 116 Å². The highest BCUT2D eigenvalue weighted by Crippen LogP contribution is 2.49. The van der Waals surface area contributed by atoms with Crippen LogP contribution in [0, 0.1) is 55.4 Å². The molecular formula is C64H68N4O4. The van der Waals surface area contributed by atoms with Crippen LogP contribution in [0.4, 0.5) is 22.7 Å². The van der Waals surface area contributed by atoms with Crippen LogP contribution in [0.3, 0.4) is 0 Å². The van der Waals surface area contributed by atoms with Crippen molar-refractivity contribution in [1.29, 1.82) is 0 Å². The number of rotatable bonds is 0. The normalized spacial score (nSPS) is 17.9. The molecule has 6 aromatic rings. The van der Waals surface area contributed by atoms with Crippen molar-refractivity contribution in [2.75, 3.05) is 21.3 Å². The standard InChI is InChI=1S/C64H68N4O4/c1-39-29-51-30-40(2)57(39)65-55(69)23-21-47-17-15-18-48(37-47)22-24-56(70)66-58-41(3)31-52(32-42(58)4)64(27-13-10-14-28-64)54-35-45(7)60(46(8)36-54)68-62(72)50-20-16-19-49(38-50)61(71)67-59-43(5)33-53(34-44(59)6)63(51)25-11-9-12-26-63/h15-24,29-38H,9-14,25-28H2,1-8H3,(H,65,69)(H,66,70)(H,67,71)(H,68,72)/b23-21+,24-22+. The second-order valence-corrected chi connectivity index (χ2v) is 21.0. The fraction of sp³-hybridized carbons (Fsp3) is 0.312. The van der Waals surface area contributed by atoms with Gasteiger partial charge in [-0.05, 0) is 195 Å². The van der Waals surface area contributed by atoms with Crippen LogP contribution in [0.5, 0.6) is 0 Å². The van der Waals surface area contributed by atoms with Crippen LogP contribution in [-0.2, 0) is 20.4 Å². The molecule has 12 bridgehead atoms. The van der Waals surface area contributed by atoms with E-state index >= 15 is 0 Å². The molecule has 2 aliphatic carbocycles. The summed E-state index contributed by atoms with van der Waals surface area (Å²) >= 11 is 0. The zero-order chi connectivity index (χ0) is 50.9. The Kier molecular flexibility index (Phi) is 14.1. The SMILES string of the molecule is Cc1cc2cc(C)c1NC(=O)/C=C/c1cccc(c1)/C=C/C(=O)Nc1c(C)cc(cc1C)C1(CCCCC1)c1cc(C)c(c(C)c1)NC(=O)c1cccc(c1)C(=O)Nc1c(C)cc(cc1C)C21CCCCC1. The number of hydrogen-bond acceptors (Lipinski definition) is 4. The Labute approximate surface area is 425 Å². The fourth-order valence-electron chi connectivity index (χ4n) is 12.2. The van der Waals surface area contributed by atoms with Gasteiger partial charge in [0.1, 0.15) is 0 Å². The molecule has 8 heteroatoms. The molecule has 16 rings (SSSR count). The molecule has 8 nitrogen and oxygen atoms in total. The minimum atomic E-state index is -0.279. The first-order valence-corrected chi connectivity index (χ1v) is 25.8. The average molecular weight is 957 g/mol. The van der Waals surface area contributed by atoms with Crippen molar-refractivity contribution in [3.05, 3.63) is 198 Å². The number of carbonyl (C=O) groups excluding carboxylic acids is 4. The molecule has 0 unspecified atom stereocenters. The summed E-state index contributed by atoms with van der Waals surface area (Å²) in [7, 11) is 0. The Morgan fingerprint density at radius 3 is 0.944 bits per heavy atom. The summed E-state index contributed by atoms with van der Waals surface area (Å²) in [5.74, 6) is -1.01. The maximum atomic E-state index is 14.1. The van der Waals surface area contributed by atoms with Crippen molar-refractivity contribution >= 4 is 58.5 Å². The molecule has 0 aromatic heterocycles. The van der Waals surface area contributed by atoms with Crippen LogP contribution in [0.25, 0.3) is 12.2 Å². The third-order valence-electron chi connectivity index (χ3n) is 15.9. The van der Waals surface area contributed by atoms with Crippen LogP contribution in [0.1, 0.15) is 163 Å². The van der Waals surface area contributed by atoms with Gasteiger partial charge in [-0.15, -0.1) is 0 Å². The lowest BCUT2D eigenvalue weighted by molar-refractivity contribution is -0.112. The second-order valence-electron chi connectivity index (χ2n) is 21.0. The number of nitrogens with one attached hydrogen (secondary N) is 4. The number of carbonyl (C=O) groups is 4. The molecule has 368 valence electrons. The Bertz CT molecular complexity index is 2920. The summed E-state index contributed by atoms with van der Waals surface area (Å²) in [6.45, 7) is 16.5. The maximum absolute atomic E-state index is 14.1. The molecule has 2 saturated carbocycles. The third kappa shape index (κ3) is 9.97. The molecule has 0 atom stereocenters. The molecule has 6 aromatic carbocycles. The first-order valence-electron chi connectivity index (χ1n) is 25.8. The zero-order valence-corrected chi connectivity index (χ0v) is 43.3. The molecule has 2 spiro atoms. The number of benzene rings is 6. The van der Waals surface area contributed by atoms with E-state index in [1.807, 2.05) is 24.3 Å². The van der Waals surface area contributed by atoms with Crippen molar-refractivity contribution in [3.63, 3.8) is 0 Å². The van der Waals surface area contributed by atoms with Gasteiger partial charge in [0.25, 0.3) is 11.8 Å². The van der Waals surface area contributed by atoms with Gasteiger partial charge in [0.2, 0.25) is 11.8 Å².